The average molecular weight is 288 g/mol. The number of carbonyl (C=O) groups is 1. The molecule has 0 aromatic heterocycles. The third-order valence-electron chi connectivity index (χ3n) is 4.43. The van der Waals surface area contributed by atoms with Crippen molar-refractivity contribution in [2.45, 2.75) is 26.8 Å². The fourth-order valence-corrected chi connectivity index (χ4v) is 4.01. The van der Waals surface area contributed by atoms with Crippen molar-refractivity contribution in [1.82, 2.24) is 4.90 Å². The lowest BCUT2D eigenvalue weighted by molar-refractivity contribution is -0.119. The van der Waals surface area contributed by atoms with E-state index in [-0.39, 0.29) is 17.4 Å². The SMILES string of the molecule is CN1C(=O)CN2C(=S)[C@H](C(C)(C)C)[C@H]2c2ccccc21. The maximum Gasteiger partial charge on any atom is 0.246 e. The lowest BCUT2D eigenvalue weighted by Gasteiger charge is -2.54. The monoisotopic (exact) mass is 288 g/mol. The predicted octanol–water partition coefficient (Wildman–Crippen LogP) is 3.01. The standard InChI is InChI=1S/C16H20N2OS/c1-16(2,3)13-14-10-7-5-6-8-11(10)17(4)12(19)9-18(14)15(13)20/h5-8,13-14H,9H2,1-4H3/t13-,14-/m1/s1. The lowest BCUT2D eigenvalue weighted by atomic mass is 9.68. The fraction of sp³-hybridized carbons (Fsp3) is 0.500. The van der Waals surface area contributed by atoms with Gasteiger partial charge in [-0.3, -0.25) is 4.79 Å². The summed E-state index contributed by atoms with van der Waals surface area (Å²) < 4.78 is 0. The normalized spacial score (nSPS) is 25.8. The number of benzene rings is 1. The Balaban J connectivity index is 2.13. The van der Waals surface area contributed by atoms with Gasteiger partial charge in [-0.2, -0.15) is 0 Å². The zero-order valence-corrected chi connectivity index (χ0v) is 13.2. The van der Waals surface area contributed by atoms with Crippen molar-refractivity contribution in [3.63, 3.8) is 0 Å². The highest BCUT2D eigenvalue weighted by molar-refractivity contribution is 7.80. The van der Waals surface area contributed by atoms with Crippen LogP contribution >= 0.6 is 12.2 Å². The summed E-state index contributed by atoms with van der Waals surface area (Å²) in [6, 6.07) is 8.41. The molecule has 0 aliphatic carbocycles. The van der Waals surface area contributed by atoms with Gasteiger partial charge in [0.1, 0.15) is 0 Å². The number of carbonyl (C=O) groups excluding carboxylic acids is 1. The van der Waals surface area contributed by atoms with Crippen LogP contribution < -0.4 is 4.90 Å². The molecule has 4 heteroatoms. The summed E-state index contributed by atoms with van der Waals surface area (Å²) in [6.07, 6.45) is 0. The Bertz CT molecular complexity index is 590. The van der Waals surface area contributed by atoms with Crippen molar-refractivity contribution >= 4 is 28.8 Å². The molecule has 3 nitrogen and oxygen atoms in total. The van der Waals surface area contributed by atoms with E-state index in [1.807, 2.05) is 25.2 Å². The Morgan fingerprint density at radius 2 is 1.90 bits per heavy atom. The zero-order chi connectivity index (χ0) is 14.7. The highest BCUT2D eigenvalue weighted by atomic mass is 32.1. The minimum absolute atomic E-state index is 0.106. The molecule has 1 fully saturated rings. The van der Waals surface area contributed by atoms with E-state index in [4.69, 9.17) is 12.2 Å². The van der Waals surface area contributed by atoms with Crippen LogP contribution in [-0.4, -0.2) is 29.4 Å². The van der Waals surface area contributed by atoms with Crippen LogP contribution in [0.4, 0.5) is 5.69 Å². The van der Waals surface area contributed by atoms with Crippen molar-refractivity contribution in [2.24, 2.45) is 11.3 Å². The second kappa shape index (κ2) is 4.29. The van der Waals surface area contributed by atoms with Gasteiger partial charge in [-0.15, -0.1) is 0 Å². The number of thiocarbonyl (C=S) groups is 1. The highest BCUT2D eigenvalue weighted by Gasteiger charge is 2.52. The molecule has 1 saturated heterocycles. The van der Waals surface area contributed by atoms with E-state index in [9.17, 15) is 4.79 Å². The van der Waals surface area contributed by atoms with Crippen LogP contribution in [0.15, 0.2) is 24.3 Å². The number of likely N-dealkylation sites (N-methyl/N-ethyl adjacent to an activating group) is 1. The van der Waals surface area contributed by atoms with E-state index in [1.165, 1.54) is 5.56 Å². The number of hydrogen-bond donors (Lipinski definition) is 0. The Morgan fingerprint density at radius 1 is 1.25 bits per heavy atom. The van der Waals surface area contributed by atoms with Gasteiger partial charge in [0, 0.05) is 18.7 Å². The highest BCUT2D eigenvalue weighted by Crippen LogP contribution is 2.52. The van der Waals surface area contributed by atoms with Gasteiger partial charge in [-0.1, -0.05) is 51.2 Å². The summed E-state index contributed by atoms with van der Waals surface area (Å²) in [5.41, 5.74) is 2.34. The fourth-order valence-electron chi connectivity index (χ4n) is 3.35. The smallest absolute Gasteiger partial charge is 0.246 e. The molecule has 0 radical (unpaired) electrons. The molecule has 0 N–H and O–H groups in total. The molecular formula is C16H20N2OS. The molecule has 1 amide bonds. The number of nitrogens with zero attached hydrogens (tertiary/aromatic N) is 2. The van der Waals surface area contributed by atoms with Gasteiger partial charge in [0.05, 0.1) is 17.6 Å². The van der Waals surface area contributed by atoms with Crippen molar-refractivity contribution in [3.05, 3.63) is 29.8 Å². The molecule has 2 aliphatic rings. The molecule has 0 unspecified atom stereocenters. The average Bonchev–Trinajstić information content (AvgIpc) is 2.46. The third kappa shape index (κ3) is 1.78. The molecule has 106 valence electrons. The van der Waals surface area contributed by atoms with E-state index < -0.39 is 0 Å². The van der Waals surface area contributed by atoms with E-state index >= 15 is 0 Å². The van der Waals surface area contributed by atoms with Gasteiger partial charge in [0.2, 0.25) is 5.91 Å². The molecule has 0 bridgehead atoms. The van der Waals surface area contributed by atoms with E-state index in [0.717, 1.165) is 10.7 Å². The predicted molar refractivity (Wildman–Crippen MR) is 84.8 cm³/mol. The largest absolute Gasteiger partial charge is 0.349 e. The van der Waals surface area contributed by atoms with E-state index in [1.54, 1.807) is 4.90 Å². The first kappa shape index (κ1) is 13.6. The third-order valence-corrected chi connectivity index (χ3v) is 4.92. The minimum Gasteiger partial charge on any atom is -0.349 e. The molecule has 0 spiro atoms. The van der Waals surface area contributed by atoms with Crippen LogP contribution in [0.3, 0.4) is 0 Å². The molecular weight excluding hydrogens is 268 g/mol. The molecule has 2 atom stereocenters. The molecule has 2 aliphatic heterocycles. The number of hydrogen-bond acceptors (Lipinski definition) is 2. The summed E-state index contributed by atoms with van der Waals surface area (Å²) in [6.45, 7) is 7.06. The van der Waals surface area contributed by atoms with Crippen LogP contribution in [0.5, 0.6) is 0 Å². The maximum atomic E-state index is 12.3. The quantitative estimate of drug-likeness (QED) is 0.686. The van der Waals surface area contributed by atoms with Crippen LogP contribution in [0.1, 0.15) is 32.4 Å². The van der Waals surface area contributed by atoms with Crippen LogP contribution in [0.25, 0.3) is 0 Å². The maximum absolute atomic E-state index is 12.3. The lowest BCUT2D eigenvalue weighted by Crippen LogP contribution is -2.59. The zero-order valence-electron chi connectivity index (χ0n) is 12.4. The first-order chi connectivity index (χ1) is 9.32. The molecule has 2 heterocycles. The number of amides is 1. The summed E-state index contributed by atoms with van der Waals surface area (Å²) in [4.78, 5) is 17.1. The summed E-state index contributed by atoms with van der Waals surface area (Å²) in [7, 11) is 1.85. The van der Waals surface area contributed by atoms with E-state index in [2.05, 4.69) is 31.7 Å². The topological polar surface area (TPSA) is 23.6 Å². The Hall–Kier alpha value is -1.42. The molecule has 0 saturated carbocycles. The number of rotatable bonds is 0. The van der Waals surface area contributed by atoms with E-state index in [0.29, 0.717) is 12.5 Å². The number of anilines is 1. The minimum atomic E-state index is 0.106. The Morgan fingerprint density at radius 3 is 2.55 bits per heavy atom. The van der Waals surface area contributed by atoms with Crippen molar-refractivity contribution in [1.29, 1.82) is 0 Å². The number of fused-ring (bicyclic) bond motifs is 3. The summed E-state index contributed by atoms with van der Waals surface area (Å²) in [5, 5.41) is 0. The second-order valence-electron chi connectivity index (χ2n) is 6.77. The van der Waals surface area contributed by atoms with Gasteiger partial charge in [-0.25, -0.2) is 0 Å². The van der Waals surface area contributed by atoms with Gasteiger partial charge in [0.25, 0.3) is 0 Å². The van der Waals surface area contributed by atoms with Gasteiger partial charge >= 0.3 is 0 Å². The van der Waals surface area contributed by atoms with Gasteiger partial charge in [0.15, 0.2) is 0 Å². The molecule has 1 aromatic carbocycles. The van der Waals surface area contributed by atoms with Crippen molar-refractivity contribution < 1.29 is 4.79 Å². The Labute approximate surface area is 125 Å². The van der Waals surface area contributed by atoms with Crippen molar-refractivity contribution in [2.75, 3.05) is 18.5 Å². The molecule has 1 aromatic rings. The van der Waals surface area contributed by atoms with Crippen LogP contribution in [-0.2, 0) is 4.79 Å². The number of para-hydroxylation sites is 1. The van der Waals surface area contributed by atoms with Gasteiger partial charge < -0.3 is 9.80 Å². The molecule has 20 heavy (non-hydrogen) atoms. The molecule has 3 rings (SSSR count). The second-order valence-corrected chi connectivity index (χ2v) is 7.18. The first-order valence-corrected chi connectivity index (χ1v) is 7.39. The summed E-state index contributed by atoms with van der Waals surface area (Å²) >= 11 is 5.59. The Kier molecular flexibility index (Phi) is 2.91. The summed E-state index contributed by atoms with van der Waals surface area (Å²) in [5.74, 6) is 0.424. The van der Waals surface area contributed by atoms with Crippen molar-refractivity contribution in [3.8, 4) is 0 Å². The first-order valence-electron chi connectivity index (χ1n) is 6.98. The van der Waals surface area contributed by atoms with Crippen LogP contribution in [0.2, 0.25) is 0 Å². The van der Waals surface area contributed by atoms with Crippen LogP contribution in [0, 0.1) is 11.3 Å². The van der Waals surface area contributed by atoms with Gasteiger partial charge in [-0.05, 0) is 17.0 Å².